The van der Waals surface area contributed by atoms with Crippen molar-refractivity contribution in [3.63, 3.8) is 0 Å². The van der Waals surface area contributed by atoms with E-state index in [9.17, 15) is 9.59 Å². The van der Waals surface area contributed by atoms with E-state index in [4.69, 9.17) is 0 Å². The second-order valence-electron chi connectivity index (χ2n) is 1.85. The van der Waals surface area contributed by atoms with Gasteiger partial charge in [-0.2, -0.15) is 0 Å². The minimum atomic E-state index is 0.352. The number of carbonyl (C=O) groups excluding carboxylic acids is 2. The number of amides is 2. The number of hydrogen-bond acceptors (Lipinski definition) is 2. The zero-order chi connectivity index (χ0) is 8.15. The molecule has 10 heavy (non-hydrogen) atoms. The van der Waals surface area contributed by atoms with E-state index in [1.165, 1.54) is 23.9 Å². The molecule has 4 heteroatoms. The standard InChI is InChI=1S/C6H10N2O2/c1-6(7(2)4-9)8(3)5-10/h4-5H,1H2,2-3H3. The topological polar surface area (TPSA) is 40.6 Å². The van der Waals surface area contributed by atoms with Crippen molar-refractivity contribution < 1.29 is 9.59 Å². The summed E-state index contributed by atoms with van der Waals surface area (Å²) in [6.07, 6.45) is 1.17. The molecule has 0 aliphatic carbocycles. The molecule has 0 atom stereocenters. The van der Waals surface area contributed by atoms with Crippen molar-refractivity contribution in [2.24, 2.45) is 0 Å². The monoisotopic (exact) mass is 142 g/mol. The molecule has 0 saturated carbocycles. The summed E-state index contributed by atoms with van der Waals surface area (Å²) in [7, 11) is 3.05. The van der Waals surface area contributed by atoms with Gasteiger partial charge in [-0.3, -0.25) is 9.59 Å². The highest BCUT2D eigenvalue weighted by molar-refractivity contribution is 5.55. The fraction of sp³-hybridized carbons (Fsp3) is 0.333. The molecular formula is C6H10N2O2. The highest BCUT2D eigenvalue weighted by Crippen LogP contribution is 1.96. The van der Waals surface area contributed by atoms with Crippen LogP contribution in [0.1, 0.15) is 0 Å². The van der Waals surface area contributed by atoms with Crippen LogP contribution in [-0.4, -0.2) is 36.7 Å². The largest absolute Gasteiger partial charge is 0.304 e. The van der Waals surface area contributed by atoms with E-state index < -0.39 is 0 Å². The summed E-state index contributed by atoms with van der Waals surface area (Å²) in [5.41, 5.74) is 0. The molecule has 0 unspecified atom stereocenters. The van der Waals surface area contributed by atoms with E-state index in [0.717, 1.165) is 0 Å². The van der Waals surface area contributed by atoms with Crippen LogP contribution in [0.3, 0.4) is 0 Å². The van der Waals surface area contributed by atoms with Gasteiger partial charge in [0, 0.05) is 14.1 Å². The summed E-state index contributed by atoms with van der Waals surface area (Å²) in [4.78, 5) is 22.6. The van der Waals surface area contributed by atoms with Gasteiger partial charge in [-0.1, -0.05) is 6.58 Å². The predicted molar refractivity (Wildman–Crippen MR) is 36.8 cm³/mol. The number of hydrogen-bond donors (Lipinski definition) is 0. The molecule has 0 fully saturated rings. The summed E-state index contributed by atoms with van der Waals surface area (Å²) >= 11 is 0. The molecule has 0 spiro atoms. The minimum Gasteiger partial charge on any atom is -0.304 e. The smallest absolute Gasteiger partial charge is 0.214 e. The first-order valence-electron chi connectivity index (χ1n) is 2.68. The second kappa shape index (κ2) is 3.66. The summed E-state index contributed by atoms with van der Waals surface area (Å²) in [6, 6.07) is 0. The molecule has 0 aromatic rings. The molecule has 0 bridgehead atoms. The molecule has 0 aliphatic heterocycles. The Hall–Kier alpha value is -1.32. The first-order valence-corrected chi connectivity index (χ1v) is 2.68. The average molecular weight is 142 g/mol. The van der Waals surface area contributed by atoms with Gasteiger partial charge < -0.3 is 9.80 Å². The van der Waals surface area contributed by atoms with Crippen LogP contribution < -0.4 is 0 Å². The van der Waals surface area contributed by atoms with Crippen LogP contribution in [0, 0.1) is 0 Å². The lowest BCUT2D eigenvalue weighted by Gasteiger charge is -2.19. The van der Waals surface area contributed by atoms with Gasteiger partial charge in [-0.05, 0) is 0 Å². The second-order valence-corrected chi connectivity index (χ2v) is 1.85. The van der Waals surface area contributed by atoms with Crippen molar-refractivity contribution in [3.8, 4) is 0 Å². The Balaban J connectivity index is 4.06. The van der Waals surface area contributed by atoms with E-state index >= 15 is 0 Å². The van der Waals surface area contributed by atoms with Crippen LogP contribution in [0.4, 0.5) is 0 Å². The summed E-state index contributed by atoms with van der Waals surface area (Å²) in [5, 5.41) is 0. The highest BCUT2D eigenvalue weighted by atomic mass is 16.1. The van der Waals surface area contributed by atoms with Crippen LogP contribution in [0.5, 0.6) is 0 Å². The van der Waals surface area contributed by atoms with Gasteiger partial charge in [0.05, 0.1) is 0 Å². The highest BCUT2D eigenvalue weighted by Gasteiger charge is 2.03. The molecule has 0 aromatic heterocycles. The Kier molecular flexibility index (Phi) is 3.17. The van der Waals surface area contributed by atoms with Crippen LogP contribution >= 0.6 is 0 Å². The summed E-state index contributed by atoms with van der Waals surface area (Å²) < 4.78 is 0. The van der Waals surface area contributed by atoms with E-state index in [1.54, 1.807) is 0 Å². The van der Waals surface area contributed by atoms with E-state index in [2.05, 4.69) is 6.58 Å². The minimum absolute atomic E-state index is 0.352. The SMILES string of the molecule is C=C(N(C)C=O)N(C)C=O. The van der Waals surface area contributed by atoms with Gasteiger partial charge in [0.25, 0.3) is 0 Å². The zero-order valence-corrected chi connectivity index (χ0v) is 6.07. The molecule has 2 amide bonds. The average Bonchev–Trinajstić information content (AvgIpc) is 2.00. The van der Waals surface area contributed by atoms with Gasteiger partial charge in [0.2, 0.25) is 12.8 Å². The lowest BCUT2D eigenvalue weighted by molar-refractivity contribution is -0.119. The Morgan fingerprint density at radius 1 is 1.20 bits per heavy atom. The van der Waals surface area contributed by atoms with Crippen LogP contribution in [0.15, 0.2) is 12.4 Å². The van der Waals surface area contributed by atoms with Crippen molar-refractivity contribution in [1.29, 1.82) is 0 Å². The first kappa shape index (κ1) is 8.68. The van der Waals surface area contributed by atoms with E-state index in [1.807, 2.05) is 0 Å². The summed E-state index contributed by atoms with van der Waals surface area (Å²) in [6.45, 7) is 3.49. The molecule has 0 radical (unpaired) electrons. The zero-order valence-electron chi connectivity index (χ0n) is 6.07. The fourth-order valence-corrected chi connectivity index (χ4v) is 0.370. The molecule has 0 rings (SSSR count). The lowest BCUT2D eigenvalue weighted by Crippen LogP contribution is -2.27. The molecule has 0 aromatic carbocycles. The molecule has 0 N–H and O–H groups in total. The molecule has 56 valence electrons. The van der Waals surface area contributed by atoms with Crippen LogP contribution in [0.2, 0.25) is 0 Å². The maximum Gasteiger partial charge on any atom is 0.214 e. The van der Waals surface area contributed by atoms with Crippen LogP contribution in [-0.2, 0) is 9.59 Å². The third-order valence-corrected chi connectivity index (χ3v) is 1.13. The van der Waals surface area contributed by atoms with Crippen molar-refractivity contribution >= 4 is 12.8 Å². The molecule has 0 saturated heterocycles. The Bertz CT molecular complexity index is 140. The van der Waals surface area contributed by atoms with Crippen molar-refractivity contribution in [2.45, 2.75) is 0 Å². The molecule has 4 nitrogen and oxygen atoms in total. The predicted octanol–water partition coefficient (Wildman–Crippen LogP) is -0.366. The van der Waals surface area contributed by atoms with Crippen molar-refractivity contribution in [3.05, 3.63) is 12.4 Å². The maximum atomic E-state index is 10.1. The first-order chi connectivity index (χ1) is 4.63. The van der Waals surface area contributed by atoms with Crippen molar-refractivity contribution in [1.82, 2.24) is 9.80 Å². The van der Waals surface area contributed by atoms with E-state index in [-0.39, 0.29) is 0 Å². The fourth-order valence-electron chi connectivity index (χ4n) is 0.370. The van der Waals surface area contributed by atoms with Gasteiger partial charge in [-0.15, -0.1) is 0 Å². The number of rotatable bonds is 4. The van der Waals surface area contributed by atoms with Gasteiger partial charge in [0.15, 0.2) is 0 Å². The lowest BCUT2D eigenvalue weighted by atomic mass is 10.6. The number of carbonyl (C=O) groups is 2. The van der Waals surface area contributed by atoms with Gasteiger partial charge in [0.1, 0.15) is 5.82 Å². The molecular weight excluding hydrogens is 132 g/mol. The van der Waals surface area contributed by atoms with Crippen LogP contribution in [0.25, 0.3) is 0 Å². The maximum absolute atomic E-state index is 10.1. The number of nitrogens with zero attached hydrogens (tertiary/aromatic N) is 2. The molecule has 0 aliphatic rings. The Morgan fingerprint density at radius 2 is 1.50 bits per heavy atom. The normalized spacial score (nSPS) is 8.20. The third-order valence-electron chi connectivity index (χ3n) is 1.13. The Labute approximate surface area is 59.7 Å². The third kappa shape index (κ3) is 1.89. The Morgan fingerprint density at radius 3 is 1.70 bits per heavy atom. The quantitative estimate of drug-likeness (QED) is 0.503. The van der Waals surface area contributed by atoms with E-state index in [0.29, 0.717) is 18.6 Å². The van der Waals surface area contributed by atoms with Gasteiger partial charge in [-0.25, -0.2) is 0 Å². The van der Waals surface area contributed by atoms with Crippen molar-refractivity contribution in [2.75, 3.05) is 14.1 Å². The van der Waals surface area contributed by atoms with Gasteiger partial charge >= 0.3 is 0 Å². The molecule has 0 heterocycles. The summed E-state index contributed by atoms with van der Waals surface area (Å²) in [5.74, 6) is 0.352.